The quantitative estimate of drug-likeness (QED) is 0.755. The Labute approximate surface area is 124 Å². The standard InChI is InChI=1S/C16H19N3O2/c1-3-5-8-19-11-18-14-7-6-12(10-17)9-13(14)15(19)16(20)21-4-2/h6-7,9H,3-5,8,11H2,1-2H3. The molecular formula is C16H19N3O2. The summed E-state index contributed by atoms with van der Waals surface area (Å²) < 4.78 is 5.18. The predicted octanol–water partition coefficient (Wildman–Crippen LogP) is 0.922. The predicted molar refractivity (Wildman–Crippen MR) is 78.5 cm³/mol. The Morgan fingerprint density at radius 2 is 2.29 bits per heavy atom. The molecule has 0 radical (unpaired) electrons. The van der Waals surface area contributed by atoms with Gasteiger partial charge in [-0.3, -0.25) is 4.99 Å². The molecule has 2 rings (SSSR count). The van der Waals surface area contributed by atoms with E-state index in [1.165, 1.54) is 0 Å². The van der Waals surface area contributed by atoms with Crippen LogP contribution < -0.4 is 10.6 Å². The van der Waals surface area contributed by atoms with Crippen molar-refractivity contribution < 1.29 is 9.53 Å². The first-order chi connectivity index (χ1) is 10.2. The van der Waals surface area contributed by atoms with Gasteiger partial charge in [-0.25, -0.2) is 4.79 Å². The van der Waals surface area contributed by atoms with Crippen LogP contribution in [0.15, 0.2) is 23.2 Å². The molecule has 1 aliphatic rings. The number of nitrogens with zero attached hydrogens (tertiary/aromatic N) is 3. The van der Waals surface area contributed by atoms with Crippen LogP contribution in [0.5, 0.6) is 0 Å². The van der Waals surface area contributed by atoms with E-state index in [0.717, 1.165) is 24.7 Å². The van der Waals surface area contributed by atoms with Crippen LogP contribution in [0.4, 0.5) is 0 Å². The highest BCUT2D eigenvalue weighted by molar-refractivity contribution is 6.08. The molecule has 0 spiro atoms. The molecule has 5 heteroatoms. The second-order valence-electron chi connectivity index (χ2n) is 4.83. The molecule has 1 aliphatic heterocycles. The highest BCUT2D eigenvalue weighted by atomic mass is 16.5. The first kappa shape index (κ1) is 15.0. The third-order valence-electron chi connectivity index (χ3n) is 3.36. The van der Waals surface area contributed by atoms with Crippen LogP contribution >= 0.6 is 0 Å². The van der Waals surface area contributed by atoms with Crippen LogP contribution in [-0.4, -0.2) is 30.7 Å². The second kappa shape index (κ2) is 6.89. The molecule has 0 fully saturated rings. The number of nitriles is 1. The Hall–Kier alpha value is -2.35. The van der Waals surface area contributed by atoms with E-state index in [4.69, 9.17) is 10.00 Å². The van der Waals surface area contributed by atoms with Gasteiger partial charge in [-0.05, 0) is 31.5 Å². The zero-order valence-electron chi connectivity index (χ0n) is 12.4. The maximum atomic E-state index is 12.3. The van der Waals surface area contributed by atoms with Crippen molar-refractivity contribution >= 4 is 11.7 Å². The Kier molecular flexibility index (Phi) is 4.94. The number of hydrogen-bond donors (Lipinski definition) is 0. The summed E-state index contributed by atoms with van der Waals surface area (Å²) in [5.74, 6) is -0.347. The molecule has 21 heavy (non-hydrogen) atoms. The zero-order chi connectivity index (χ0) is 15.2. The fraction of sp³-hybridized carbons (Fsp3) is 0.438. The molecule has 1 aromatic carbocycles. The molecule has 110 valence electrons. The van der Waals surface area contributed by atoms with Crippen LogP contribution in [0.2, 0.25) is 0 Å². The minimum absolute atomic E-state index is 0.328. The van der Waals surface area contributed by atoms with Crippen molar-refractivity contribution in [3.05, 3.63) is 34.3 Å². The Morgan fingerprint density at radius 1 is 1.48 bits per heavy atom. The van der Waals surface area contributed by atoms with Crippen molar-refractivity contribution in [3.8, 4) is 6.07 Å². The normalized spacial score (nSPS) is 13.2. The minimum Gasteiger partial charge on any atom is -0.461 e. The number of rotatable bonds is 5. The highest BCUT2D eigenvalue weighted by Gasteiger charge is 2.22. The molecule has 0 unspecified atom stereocenters. The van der Waals surface area contributed by atoms with Gasteiger partial charge in [-0.1, -0.05) is 13.3 Å². The molecule has 0 saturated heterocycles. The summed E-state index contributed by atoms with van der Waals surface area (Å²) in [6.45, 7) is 5.42. The molecule has 5 nitrogen and oxygen atoms in total. The molecule has 0 bridgehead atoms. The topological polar surface area (TPSA) is 65.7 Å². The summed E-state index contributed by atoms with van der Waals surface area (Å²) in [5, 5.41) is 10.5. The second-order valence-corrected chi connectivity index (χ2v) is 4.83. The van der Waals surface area contributed by atoms with Gasteiger partial charge in [0.15, 0.2) is 0 Å². The highest BCUT2D eigenvalue weighted by Crippen LogP contribution is 2.10. The van der Waals surface area contributed by atoms with Crippen molar-refractivity contribution in [1.29, 1.82) is 5.26 Å². The molecule has 0 N–H and O–H groups in total. The van der Waals surface area contributed by atoms with E-state index in [9.17, 15) is 4.79 Å². The lowest BCUT2D eigenvalue weighted by Gasteiger charge is -2.26. The van der Waals surface area contributed by atoms with Gasteiger partial charge in [-0.2, -0.15) is 5.26 Å². The van der Waals surface area contributed by atoms with Crippen LogP contribution in [0.1, 0.15) is 32.3 Å². The summed E-state index contributed by atoms with van der Waals surface area (Å²) in [4.78, 5) is 18.7. The van der Waals surface area contributed by atoms with E-state index in [0.29, 0.717) is 29.8 Å². The maximum Gasteiger partial charge on any atom is 0.355 e. The Balaban J connectivity index is 2.58. The summed E-state index contributed by atoms with van der Waals surface area (Å²) in [6.07, 6.45) is 2.02. The number of carbonyl (C=O) groups is 1. The average Bonchev–Trinajstić information content (AvgIpc) is 2.51. The first-order valence-electron chi connectivity index (χ1n) is 7.22. The first-order valence-corrected chi connectivity index (χ1v) is 7.22. The average molecular weight is 285 g/mol. The fourth-order valence-corrected chi connectivity index (χ4v) is 2.31. The summed E-state index contributed by atoms with van der Waals surface area (Å²) in [6, 6.07) is 7.31. The minimum atomic E-state index is -0.347. The molecule has 0 aliphatic carbocycles. The molecule has 1 aromatic rings. The number of esters is 1. The summed E-state index contributed by atoms with van der Waals surface area (Å²) >= 11 is 0. The van der Waals surface area contributed by atoms with Gasteiger partial charge in [0.1, 0.15) is 12.4 Å². The number of carbonyl (C=O) groups excluding carboxylic acids is 1. The number of ether oxygens (including phenoxy) is 1. The number of benzene rings is 1. The fourth-order valence-electron chi connectivity index (χ4n) is 2.31. The summed E-state index contributed by atoms with van der Waals surface area (Å²) in [5.41, 5.74) is 1.04. The van der Waals surface area contributed by atoms with Gasteiger partial charge in [0.05, 0.1) is 23.6 Å². The van der Waals surface area contributed by atoms with Gasteiger partial charge in [0, 0.05) is 11.8 Å². The number of unbranched alkanes of at least 4 members (excludes halogenated alkanes) is 1. The van der Waals surface area contributed by atoms with E-state index >= 15 is 0 Å². The monoisotopic (exact) mass is 285 g/mol. The lowest BCUT2D eigenvalue weighted by atomic mass is 10.1. The van der Waals surface area contributed by atoms with E-state index < -0.39 is 0 Å². The van der Waals surface area contributed by atoms with Crippen molar-refractivity contribution in [2.45, 2.75) is 26.7 Å². The lowest BCUT2D eigenvalue weighted by molar-refractivity contribution is -0.137. The maximum absolute atomic E-state index is 12.3. The van der Waals surface area contributed by atoms with Gasteiger partial charge in [0.25, 0.3) is 0 Å². The van der Waals surface area contributed by atoms with Crippen molar-refractivity contribution in [2.24, 2.45) is 4.99 Å². The van der Waals surface area contributed by atoms with Gasteiger partial charge in [0.2, 0.25) is 0 Å². The van der Waals surface area contributed by atoms with Crippen LogP contribution in [0.3, 0.4) is 0 Å². The molecule has 1 heterocycles. The van der Waals surface area contributed by atoms with E-state index in [1.54, 1.807) is 25.1 Å². The molecule has 0 atom stereocenters. The Morgan fingerprint density at radius 3 is 2.95 bits per heavy atom. The van der Waals surface area contributed by atoms with Crippen LogP contribution in [0.25, 0.3) is 5.70 Å². The van der Waals surface area contributed by atoms with E-state index in [-0.39, 0.29) is 5.97 Å². The van der Waals surface area contributed by atoms with E-state index in [2.05, 4.69) is 18.0 Å². The largest absolute Gasteiger partial charge is 0.461 e. The summed E-state index contributed by atoms with van der Waals surface area (Å²) in [7, 11) is 0. The van der Waals surface area contributed by atoms with Crippen molar-refractivity contribution in [3.63, 3.8) is 0 Å². The third-order valence-corrected chi connectivity index (χ3v) is 3.36. The van der Waals surface area contributed by atoms with Gasteiger partial charge in [-0.15, -0.1) is 0 Å². The third kappa shape index (κ3) is 3.22. The Bertz CT molecular complexity index is 688. The van der Waals surface area contributed by atoms with Crippen molar-refractivity contribution in [1.82, 2.24) is 4.90 Å². The lowest BCUT2D eigenvalue weighted by Crippen LogP contribution is -2.44. The van der Waals surface area contributed by atoms with Crippen molar-refractivity contribution in [2.75, 3.05) is 19.8 Å². The number of fused-ring (bicyclic) bond motifs is 1. The smallest absolute Gasteiger partial charge is 0.355 e. The van der Waals surface area contributed by atoms with E-state index in [1.807, 2.05) is 4.90 Å². The molecule has 0 aromatic heterocycles. The van der Waals surface area contributed by atoms with Crippen LogP contribution in [0, 0.1) is 11.3 Å². The molecule has 0 amide bonds. The SMILES string of the molecule is CCCCN1CN=c2ccc(C#N)cc2=C1C(=O)OCC. The van der Waals surface area contributed by atoms with Gasteiger partial charge >= 0.3 is 5.97 Å². The zero-order valence-corrected chi connectivity index (χ0v) is 12.4. The molecular weight excluding hydrogens is 266 g/mol. The van der Waals surface area contributed by atoms with Crippen LogP contribution in [-0.2, 0) is 9.53 Å². The number of hydrogen-bond acceptors (Lipinski definition) is 5. The molecule has 0 saturated carbocycles. The van der Waals surface area contributed by atoms with Gasteiger partial charge < -0.3 is 9.64 Å².